The zero-order valence-electron chi connectivity index (χ0n) is 24.7. The van der Waals surface area contributed by atoms with Crippen LogP contribution in [0.25, 0.3) is 0 Å². The molecule has 8 nitrogen and oxygen atoms in total. The van der Waals surface area contributed by atoms with Gasteiger partial charge in [0.2, 0.25) is 21.8 Å². The van der Waals surface area contributed by atoms with Crippen molar-refractivity contribution in [2.45, 2.75) is 32.4 Å². The van der Waals surface area contributed by atoms with Crippen LogP contribution < -0.4 is 14.4 Å². The van der Waals surface area contributed by atoms with Gasteiger partial charge >= 0.3 is 0 Å². The zero-order valence-corrected chi connectivity index (χ0v) is 25.5. The van der Waals surface area contributed by atoms with E-state index in [-0.39, 0.29) is 24.2 Å². The Morgan fingerprint density at radius 1 is 0.841 bits per heavy atom. The number of rotatable bonds is 14. The fourth-order valence-corrected chi connectivity index (χ4v) is 5.50. The Balaban J connectivity index is 1.67. The average Bonchev–Trinajstić information content (AvgIpc) is 3.02. The summed E-state index contributed by atoms with van der Waals surface area (Å²) in [6, 6.07) is 29.6. The van der Waals surface area contributed by atoms with E-state index >= 15 is 0 Å². The van der Waals surface area contributed by atoms with Crippen LogP contribution in [-0.4, -0.2) is 50.5 Å². The summed E-state index contributed by atoms with van der Waals surface area (Å²) < 4.78 is 47.7. The summed E-state index contributed by atoms with van der Waals surface area (Å²) in [7, 11) is -3.95. The maximum Gasteiger partial charge on any atom is 0.244 e. The topological polar surface area (TPSA) is 96.0 Å². The Bertz CT molecular complexity index is 1630. The highest BCUT2D eigenvalue weighted by molar-refractivity contribution is 7.92. The van der Waals surface area contributed by atoms with Gasteiger partial charge in [-0.1, -0.05) is 73.7 Å². The molecule has 1 N–H and O–H groups in total. The molecule has 44 heavy (non-hydrogen) atoms. The minimum atomic E-state index is -3.95. The van der Waals surface area contributed by atoms with Crippen molar-refractivity contribution in [3.8, 4) is 11.5 Å². The summed E-state index contributed by atoms with van der Waals surface area (Å²) in [5, 5.41) is 2.86. The minimum absolute atomic E-state index is 0.154. The number of hydrogen-bond acceptors (Lipinski definition) is 5. The molecule has 0 heterocycles. The van der Waals surface area contributed by atoms with Crippen LogP contribution in [0.4, 0.5) is 10.1 Å². The second-order valence-corrected chi connectivity index (χ2v) is 12.2. The van der Waals surface area contributed by atoms with Gasteiger partial charge in [0, 0.05) is 25.1 Å². The van der Waals surface area contributed by atoms with E-state index in [2.05, 4.69) is 5.32 Å². The largest absolute Gasteiger partial charge is 0.457 e. The standard InChI is InChI=1S/C34H36FN3O5S/c1-3-22-36-34(40)32(23-26-12-6-4-7-13-26)37(24-27-14-10-11-17-31(27)35)33(39)25-38(44(2,41)42)28-18-20-30(21-19-28)43-29-15-8-5-9-16-29/h4-21,32H,3,22-25H2,1-2H3,(H,36,40)/t32-/m1/s1. The number of hydrogen-bond donors (Lipinski definition) is 1. The molecule has 4 rings (SSSR count). The van der Waals surface area contributed by atoms with E-state index < -0.39 is 40.2 Å². The summed E-state index contributed by atoms with van der Waals surface area (Å²) in [4.78, 5) is 28.9. The summed E-state index contributed by atoms with van der Waals surface area (Å²) in [5.74, 6) is -0.502. The van der Waals surface area contributed by atoms with Gasteiger partial charge < -0.3 is 15.0 Å². The number of sulfonamides is 1. The van der Waals surface area contributed by atoms with Gasteiger partial charge in [-0.3, -0.25) is 13.9 Å². The zero-order chi connectivity index (χ0) is 31.5. The van der Waals surface area contributed by atoms with Crippen molar-refractivity contribution in [1.29, 1.82) is 0 Å². The van der Waals surface area contributed by atoms with Crippen molar-refractivity contribution < 1.29 is 27.1 Å². The van der Waals surface area contributed by atoms with Crippen LogP contribution in [0.5, 0.6) is 11.5 Å². The summed E-state index contributed by atoms with van der Waals surface area (Å²) in [5.41, 5.74) is 1.24. The molecule has 0 radical (unpaired) electrons. The molecule has 0 saturated carbocycles. The van der Waals surface area contributed by atoms with E-state index in [9.17, 15) is 22.4 Å². The van der Waals surface area contributed by atoms with Gasteiger partial charge in [-0.15, -0.1) is 0 Å². The lowest BCUT2D eigenvalue weighted by Gasteiger charge is -2.33. The van der Waals surface area contributed by atoms with Gasteiger partial charge in [-0.05, 0) is 54.4 Å². The fraction of sp³-hybridized carbons (Fsp3) is 0.235. The summed E-state index contributed by atoms with van der Waals surface area (Å²) in [6.45, 7) is 1.47. The molecular weight excluding hydrogens is 581 g/mol. The molecule has 10 heteroatoms. The smallest absolute Gasteiger partial charge is 0.244 e. The number of nitrogens with one attached hydrogen (secondary N) is 1. The van der Waals surface area contributed by atoms with Crippen molar-refractivity contribution in [1.82, 2.24) is 10.2 Å². The Kier molecular flexibility index (Phi) is 11.1. The highest BCUT2D eigenvalue weighted by Crippen LogP contribution is 2.26. The third-order valence-corrected chi connectivity index (χ3v) is 8.04. The number of halogens is 1. The molecule has 0 saturated heterocycles. The number of nitrogens with zero attached hydrogens (tertiary/aromatic N) is 2. The first kappa shape index (κ1) is 32.2. The molecule has 230 valence electrons. The lowest BCUT2D eigenvalue weighted by molar-refractivity contribution is -0.140. The van der Waals surface area contributed by atoms with Crippen molar-refractivity contribution in [3.05, 3.63) is 126 Å². The Morgan fingerprint density at radius 2 is 1.43 bits per heavy atom. The number of para-hydroxylation sites is 1. The molecule has 4 aromatic rings. The average molecular weight is 618 g/mol. The lowest BCUT2D eigenvalue weighted by atomic mass is 10.0. The second kappa shape index (κ2) is 15.2. The molecule has 2 amide bonds. The van der Waals surface area contributed by atoms with E-state index in [0.717, 1.165) is 16.1 Å². The molecule has 0 unspecified atom stereocenters. The quantitative estimate of drug-likeness (QED) is 0.200. The normalized spacial score (nSPS) is 11.8. The van der Waals surface area contributed by atoms with E-state index in [0.29, 0.717) is 24.5 Å². The van der Waals surface area contributed by atoms with E-state index in [1.54, 1.807) is 48.5 Å². The highest BCUT2D eigenvalue weighted by atomic mass is 32.2. The minimum Gasteiger partial charge on any atom is -0.457 e. The molecule has 0 aliphatic carbocycles. The number of anilines is 1. The maximum atomic E-state index is 14.9. The van der Waals surface area contributed by atoms with Crippen molar-refractivity contribution in [3.63, 3.8) is 0 Å². The molecule has 0 aliphatic heterocycles. The van der Waals surface area contributed by atoms with Crippen molar-refractivity contribution >= 4 is 27.5 Å². The van der Waals surface area contributed by atoms with Gasteiger partial charge in [0.25, 0.3) is 0 Å². The Hall–Kier alpha value is -4.70. The van der Waals surface area contributed by atoms with Gasteiger partial charge in [-0.2, -0.15) is 0 Å². The molecule has 4 aromatic carbocycles. The fourth-order valence-electron chi connectivity index (χ4n) is 4.65. The predicted octanol–water partition coefficient (Wildman–Crippen LogP) is 5.55. The van der Waals surface area contributed by atoms with Crippen LogP contribution >= 0.6 is 0 Å². The van der Waals surface area contributed by atoms with Crippen LogP contribution in [0.15, 0.2) is 109 Å². The monoisotopic (exact) mass is 617 g/mol. The molecule has 0 aromatic heterocycles. The first-order valence-electron chi connectivity index (χ1n) is 14.3. The first-order chi connectivity index (χ1) is 21.2. The predicted molar refractivity (Wildman–Crippen MR) is 169 cm³/mol. The summed E-state index contributed by atoms with van der Waals surface area (Å²) >= 11 is 0. The number of carbonyl (C=O) groups excluding carboxylic acids is 2. The number of amides is 2. The van der Waals surface area contributed by atoms with Crippen LogP contribution in [0.2, 0.25) is 0 Å². The first-order valence-corrected chi connectivity index (χ1v) is 16.2. The lowest BCUT2D eigenvalue weighted by Crippen LogP contribution is -2.53. The third kappa shape index (κ3) is 8.90. The highest BCUT2D eigenvalue weighted by Gasteiger charge is 2.33. The summed E-state index contributed by atoms with van der Waals surface area (Å²) in [6.07, 6.45) is 1.84. The van der Waals surface area contributed by atoms with E-state index in [1.807, 2.05) is 55.5 Å². The molecule has 0 fully saturated rings. The molecule has 0 bridgehead atoms. The number of benzene rings is 4. The maximum absolute atomic E-state index is 14.9. The van der Waals surface area contributed by atoms with Crippen LogP contribution in [0.3, 0.4) is 0 Å². The SMILES string of the molecule is CCCNC(=O)[C@@H](Cc1ccccc1)N(Cc1ccccc1F)C(=O)CN(c1ccc(Oc2ccccc2)cc1)S(C)(=O)=O. The van der Waals surface area contributed by atoms with Gasteiger partial charge in [0.05, 0.1) is 11.9 Å². The van der Waals surface area contributed by atoms with Crippen LogP contribution in [-0.2, 0) is 32.6 Å². The van der Waals surface area contributed by atoms with Crippen LogP contribution in [0.1, 0.15) is 24.5 Å². The van der Waals surface area contributed by atoms with Crippen molar-refractivity contribution in [2.75, 3.05) is 23.7 Å². The van der Waals surface area contributed by atoms with Gasteiger partial charge in [0.1, 0.15) is 29.9 Å². The van der Waals surface area contributed by atoms with Crippen molar-refractivity contribution in [2.24, 2.45) is 0 Å². The van der Waals surface area contributed by atoms with Crippen LogP contribution in [0, 0.1) is 5.82 Å². The van der Waals surface area contributed by atoms with Gasteiger partial charge in [-0.25, -0.2) is 12.8 Å². The number of ether oxygens (including phenoxy) is 1. The molecule has 0 aliphatic rings. The van der Waals surface area contributed by atoms with E-state index in [4.69, 9.17) is 4.74 Å². The third-order valence-electron chi connectivity index (χ3n) is 6.90. The molecule has 1 atom stereocenters. The van der Waals surface area contributed by atoms with Gasteiger partial charge in [0.15, 0.2) is 0 Å². The Morgan fingerprint density at radius 3 is 2.05 bits per heavy atom. The number of carbonyl (C=O) groups is 2. The Labute approximate surface area is 258 Å². The molecular formula is C34H36FN3O5S. The van der Waals surface area contributed by atoms with E-state index in [1.165, 1.54) is 17.0 Å². The second-order valence-electron chi connectivity index (χ2n) is 10.3. The molecule has 0 spiro atoms.